The summed E-state index contributed by atoms with van der Waals surface area (Å²) in [7, 11) is -4.15. The van der Waals surface area contributed by atoms with Crippen molar-refractivity contribution >= 4 is 16.1 Å². The Hall–Kier alpha value is -0.620. The highest BCUT2D eigenvalue weighted by Gasteiger charge is 2.63. The van der Waals surface area contributed by atoms with Crippen LogP contribution in [0.4, 0.5) is 0 Å². The van der Waals surface area contributed by atoms with Crippen LogP contribution < -0.4 is 0 Å². The second kappa shape index (κ2) is 5.73. The van der Waals surface area contributed by atoms with Gasteiger partial charge in [0.25, 0.3) is 0 Å². The van der Waals surface area contributed by atoms with Crippen LogP contribution in [-0.2, 0) is 19.6 Å². The summed E-state index contributed by atoms with van der Waals surface area (Å²) in [6.07, 6.45) is 7.11. The average Bonchev–Trinajstić information content (AvgIpc) is 3.23. The predicted molar refractivity (Wildman–Crippen MR) is 82.3 cm³/mol. The molecule has 4 saturated carbocycles. The van der Waals surface area contributed by atoms with Gasteiger partial charge in [-0.15, -0.1) is 0 Å². The molecule has 4 fully saturated rings. The molecule has 0 saturated heterocycles. The molecule has 23 heavy (non-hydrogen) atoms. The molecule has 4 rings (SSSR count). The van der Waals surface area contributed by atoms with Crippen molar-refractivity contribution in [2.45, 2.75) is 44.9 Å². The quantitative estimate of drug-likeness (QED) is 0.320. The van der Waals surface area contributed by atoms with Gasteiger partial charge in [0.1, 0.15) is 0 Å². The first-order valence-corrected chi connectivity index (χ1v) is 10.6. The summed E-state index contributed by atoms with van der Waals surface area (Å²) in [5, 5.41) is 0. The molecule has 7 unspecified atom stereocenters. The molecule has 4 aliphatic rings. The van der Waals surface area contributed by atoms with Crippen LogP contribution in [0.2, 0.25) is 0 Å². The van der Waals surface area contributed by atoms with E-state index in [2.05, 4.69) is 0 Å². The van der Waals surface area contributed by atoms with Crippen LogP contribution in [0.3, 0.4) is 0 Å². The summed E-state index contributed by atoms with van der Waals surface area (Å²) < 4.78 is 37.0. The molecule has 0 radical (unpaired) electrons. The van der Waals surface area contributed by atoms with E-state index in [9.17, 15) is 17.8 Å². The van der Waals surface area contributed by atoms with Crippen LogP contribution in [0.25, 0.3) is 0 Å². The Morgan fingerprint density at radius 2 is 1.74 bits per heavy atom. The zero-order chi connectivity index (χ0) is 16.2. The fraction of sp³-hybridized carbons (Fsp3) is 0.941. The minimum atomic E-state index is -4.15. The number of ether oxygens (including phenoxy) is 1. The van der Waals surface area contributed by atoms with E-state index >= 15 is 0 Å². The Balaban J connectivity index is 1.26. The van der Waals surface area contributed by atoms with Crippen molar-refractivity contribution in [2.24, 2.45) is 41.4 Å². The fourth-order valence-corrected chi connectivity index (χ4v) is 7.05. The molecule has 130 valence electrons. The third-order valence-electron chi connectivity index (χ3n) is 7.07. The maximum Gasteiger partial charge on any atom is 0.309 e. The summed E-state index contributed by atoms with van der Waals surface area (Å²) in [4.78, 5) is 12.4. The maximum absolute atomic E-state index is 12.4. The number of carbonyl (C=O) groups is 1. The Labute approximate surface area is 137 Å². The van der Waals surface area contributed by atoms with Gasteiger partial charge in [-0.2, -0.15) is 0 Å². The van der Waals surface area contributed by atoms with Gasteiger partial charge in [0, 0.05) is 5.75 Å². The van der Waals surface area contributed by atoms with Crippen molar-refractivity contribution in [3.63, 3.8) is 0 Å². The van der Waals surface area contributed by atoms with Gasteiger partial charge in [0.05, 0.1) is 22.6 Å². The zero-order valence-corrected chi connectivity index (χ0v) is 14.2. The van der Waals surface area contributed by atoms with Gasteiger partial charge in [0.15, 0.2) is 0 Å². The third-order valence-corrected chi connectivity index (χ3v) is 7.86. The summed E-state index contributed by atoms with van der Waals surface area (Å²) in [6.45, 7) is 0.238. The van der Waals surface area contributed by atoms with Crippen molar-refractivity contribution in [1.82, 2.24) is 0 Å². The van der Waals surface area contributed by atoms with Gasteiger partial charge in [0.2, 0.25) is 0 Å². The van der Waals surface area contributed by atoms with Crippen LogP contribution in [0.1, 0.15) is 44.9 Å². The second-order valence-electron chi connectivity index (χ2n) is 8.13. The van der Waals surface area contributed by atoms with Crippen molar-refractivity contribution in [3.05, 3.63) is 0 Å². The van der Waals surface area contributed by atoms with Crippen LogP contribution in [-0.4, -0.2) is 31.3 Å². The number of hydrogen-bond acceptors (Lipinski definition) is 5. The van der Waals surface area contributed by atoms with Gasteiger partial charge >= 0.3 is 5.97 Å². The minimum absolute atomic E-state index is 0.0730. The SMILES string of the molecule is O=C(OCCCCS(=O)(=O)[O-])C1CC2CC1C1C3CCC(C3)C21. The first-order chi connectivity index (χ1) is 10.9. The monoisotopic (exact) mass is 341 g/mol. The van der Waals surface area contributed by atoms with E-state index in [0.29, 0.717) is 12.3 Å². The molecule has 0 heterocycles. The maximum atomic E-state index is 12.4. The molecule has 4 aliphatic carbocycles. The summed E-state index contributed by atoms with van der Waals surface area (Å²) in [5.74, 6) is 4.36. The summed E-state index contributed by atoms with van der Waals surface area (Å²) in [5.41, 5.74) is 0. The van der Waals surface area contributed by atoms with Gasteiger partial charge < -0.3 is 9.29 Å². The highest BCUT2D eigenvalue weighted by atomic mass is 32.2. The Morgan fingerprint density at radius 1 is 1.00 bits per heavy atom. The van der Waals surface area contributed by atoms with Crippen molar-refractivity contribution in [3.8, 4) is 0 Å². The Bertz CT molecular complexity index is 586. The van der Waals surface area contributed by atoms with Gasteiger partial charge in [-0.05, 0) is 80.5 Å². The van der Waals surface area contributed by atoms with E-state index in [4.69, 9.17) is 4.74 Å². The molecule has 0 aromatic rings. The topological polar surface area (TPSA) is 83.5 Å². The average molecular weight is 341 g/mol. The van der Waals surface area contributed by atoms with Gasteiger partial charge in [-0.1, -0.05) is 0 Å². The summed E-state index contributed by atoms with van der Waals surface area (Å²) in [6, 6.07) is 0. The molecule has 7 atom stereocenters. The molecule has 0 aromatic heterocycles. The highest BCUT2D eigenvalue weighted by molar-refractivity contribution is 7.85. The predicted octanol–water partition coefficient (Wildman–Crippen LogP) is 2.17. The first-order valence-electron chi connectivity index (χ1n) is 9.04. The minimum Gasteiger partial charge on any atom is -0.748 e. The zero-order valence-electron chi connectivity index (χ0n) is 13.4. The van der Waals surface area contributed by atoms with Crippen LogP contribution >= 0.6 is 0 Å². The van der Waals surface area contributed by atoms with E-state index in [1.165, 1.54) is 25.7 Å². The van der Waals surface area contributed by atoms with Crippen molar-refractivity contribution in [2.75, 3.05) is 12.4 Å². The molecule has 0 spiro atoms. The van der Waals surface area contributed by atoms with E-state index < -0.39 is 10.1 Å². The second-order valence-corrected chi connectivity index (χ2v) is 9.65. The molecule has 6 heteroatoms. The Kier molecular flexibility index (Phi) is 3.95. The summed E-state index contributed by atoms with van der Waals surface area (Å²) >= 11 is 0. The number of unbranched alkanes of at least 4 members (excludes halogenated alkanes) is 1. The number of hydrogen-bond donors (Lipinski definition) is 0. The molecule has 4 bridgehead atoms. The molecule has 5 nitrogen and oxygen atoms in total. The lowest BCUT2D eigenvalue weighted by atomic mass is 9.67. The normalized spacial score (nSPS) is 43.8. The lowest BCUT2D eigenvalue weighted by Gasteiger charge is -2.37. The van der Waals surface area contributed by atoms with E-state index in [1.54, 1.807) is 0 Å². The molecule has 0 aromatic carbocycles. The van der Waals surface area contributed by atoms with E-state index in [-0.39, 0.29) is 30.7 Å². The van der Waals surface area contributed by atoms with Crippen LogP contribution in [0.15, 0.2) is 0 Å². The molecule has 0 aliphatic heterocycles. The highest BCUT2D eigenvalue weighted by Crippen LogP contribution is 2.68. The standard InChI is InChI=1S/C17H26O5S/c18-17(22-5-1-2-6-23(19,20)21)14-9-12-8-13(14)16-11-4-3-10(7-11)15(12)16/h10-16H,1-9H2,(H,19,20,21)/p-1. The number of fused-ring (bicyclic) bond motifs is 9. The number of esters is 1. The van der Waals surface area contributed by atoms with E-state index in [0.717, 1.165) is 36.0 Å². The lowest BCUT2D eigenvalue weighted by molar-refractivity contribution is -0.152. The lowest BCUT2D eigenvalue weighted by Crippen LogP contribution is -2.36. The molecule has 0 N–H and O–H groups in total. The van der Waals surface area contributed by atoms with Crippen molar-refractivity contribution < 1.29 is 22.5 Å². The van der Waals surface area contributed by atoms with E-state index in [1.807, 2.05) is 0 Å². The largest absolute Gasteiger partial charge is 0.748 e. The number of carbonyl (C=O) groups excluding carboxylic acids is 1. The van der Waals surface area contributed by atoms with Gasteiger partial charge in [-0.3, -0.25) is 4.79 Å². The first kappa shape index (κ1) is 15.9. The van der Waals surface area contributed by atoms with Crippen LogP contribution in [0.5, 0.6) is 0 Å². The smallest absolute Gasteiger partial charge is 0.309 e. The van der Waals surface area contributed by atoms with Crippen LogP contribution in [0, 0.1) is 41.4 Å². The number of rotatable bonds is 6. The molecular weight excluding hydrogens is 316 g/mol. The van der Waals surface area contributed by atoms with Gasteiger partial charge in [-0.25, -0.2) is 8.42 Å². The Morgan fingerprint density at radius 3 is 2.48 bits per heavy atom. The molecule has 0 amide bonds. The molecular formula is C17H25O5S-. The van der Waals surface area contributed by atoms with Crippen molar-refractivity contribution in [1.29, 1.82) is 0 Å². The third kappa shape index (κ3) is 2.82. The fourth-order valence-electron chi connectivity index (χ4n) is 6.50.